The molecule has 1 aliphatic heterocycles. The summed E-state index contributed by atoms with van der Waals surface area (Å²) >= 11 is 6.06. The lowest BCUT2D eigenvalue weighted by Gasteiger charge is -2.25. The van der Waals surface area contributed by atoms with Gasteiger partial charge in [-0.25, -0.2) is 0 Å². The monoisotopic (exact) mass is 322 g/mol. The van der Waals surface area contributed by atoms with E-state index in [-0.39, 0.29) is 17.2 Å². The molecule has 5 heteroatoms. The maximum absolute atomic E-state index is 12.7. The molecule has 0 aromatic heterocycles. The van der Waals surface area contributed by atoms with Gasteiger partial charge in [-0.15, -0.1) is 0 Å². The maximum atomic E-state index is 12.7. The second-order valence-electron chi connectivity index (χ2n) is 6.52. The van der Waals surface area contributed by atoms with E-state index in [9.17, 15) is 4.79 Å². The van der Waals surface area contributed by atoms with E-state index < -0.39 is 0 Å². The lowest BCUT2D eigenvalue weighted by Crippen LogP contribution is -2.34. The SMILES string of the molecule is COc1ccc(Cl)cc1CN(C)C(=O)C1CC12CCNCC2. The van der Waals surface area contributed by atoms with Crippen molar-refractivity contribution >= 4 is 17.5 Å². The molecule has 1 aliphatic carbocycles. The molecule has 2 fully saturated rings. The number of carbonyl (C=O) groups excluding carboxylic acids is 1. The number of piperidine rings is 1. The van der Waals surface area contributed by atoms with Gasteiger partial charge in [0, 0.05) is 30.1 Å². The number of benzene rings is 1. The molecule has 1 N–H and O–H groups in total. The van der Waals surface area contributed by atoms with Crippen LogP contribution in [-0.2, 0) is 11.3 Å². The van der Waals surface area contributed by atoms with Crippen molar-refractivity contribution in [3.63, 3.8) is 0 Å². The smallest absolute Gasteiger partial charge is 0.226 e. The first kappa shape index (κ1) is 15.6. The van der Waals surface area contributed by atoms with Gasteiger partial charge in [0.05, 0.1) is 7.11 Å². The molecule has 1 saturated heterocycles. The van der Waals surface area contributed by atoms with Gasteiger partial charge in [0.1, 0.15) is 5.75 Å². The summed E-state index contributed by atoms with van der Waals surface area (Å²) in [7, 11) is 3.51. The van der Waals surface area contributed by atoms with E-state index in [1.54, 1.807) is 13.2 Å². The van der Waals surface area contributed by atoms with Crippen LogP contribution < -0.4 is 10.1 Å². The van der Waals surface area contributed by atoms with Gasteiger partial charge in [-0.3, -0.25) is 4.79 Å². The number of nitrogens with one attached hydrogen (secondary N) is 1. The predicted molar refractivity (Wildman–Crippen MR) is 87.1 cm³/mol. The fourth-order valence-electron chi connectivity index (χ4n) is 3.64. The summed E-state index contributed by atoms with van der Waals surface area (Å²) in [6, 6.07) is 5.52. The highest BCUT2D eigenvalue weighted by Crippen LogP contribution is 2.59. The highest BCUT2D eigenvalue weighted by atomic mass is 35.5. The van der Waals surface area contributed by atoms with Gasteiger partial charge in [-0.2, -0.15) is 0 Å². The van der Waals surface area contributed by atoms with Crippen LogP contribution >= 0.6 is 11.6 Å². The summed E-state index contributed by atoms with van der Waals surface area (Å²) in [5.41, 5.74) is 1.22. The number of methoxy groups -OCH3 is 1. The molecule has 1 atom stereocenters. The number of hydrogen-bond acceptors (Lipinski definition) is 3. The number of hydrogen-bond donors (Lipinski definition) is 1. The zero-order valence-corrected chi connectivity index (χ0v) is 13.9. The van der Waals surface area contributed by atoms with Gasteiger partial charge in [0.15, 0.2) is 0 Å². The Kier molecular flexibility index (Phi) is 4.33. The molecule has 1 amide bonds. The number of carbonyl (C=O) groups is 1. The van der Waals surface area contributed by atoms with Crippen LogP contribution in [-0.4, -0.2) is 38.1 Å². The zero-order valence-electron chi connectivity index (χ0n) is 13.2. The lowest BCUT2D eigenvalue weighted by molar-refractivity contribution is -0.132. The van der Waals surface area contributed by atoms with E-state index in [0.29, 0.717) is 11.6 Å². The summed E-state index contributed by atoms with van der Waals surface area (Å²) in [5.74, 6) is 1.23. The van der Waals surface area contributed by atoms with E-state index in [4.69, 9.17) is 16.3 Å². The Morgan fingerprint density at radius 3 is 2.86 bits per heavy atom. The zero-order chi connectivity index (χ0) is 15.7. The van der Waals surface area contributed by atoms with Gasteiger partial charge in [-0.1, -0.05) is 11.6 Å². The van der Waals surface area contributed by atoms with Crippen LogP contribution in [0.25, 0.3) is 0 Å². The number of nitrogens with zero attached hydrogens (tertiary/aromatic N) is 1. The fraction of sp³-hybridized carbons (Fsp3) is 0.588. The van der Waals surface area contributed by atoms with Crippen molar-refractivity contribution < 1.29 is 9.53 Å². The first-order chi connectivity index (χ1) is 10.6. The summed E-state index contributed by atoms with van der Waals surface area (Å²) < 4.78 is 5.36. The number of rotatable bonds is 4. The van der Waals surface area contributed by atoms with E-state index in [1.165, 1.54) is 0 Å². The fourth-order valence-corrected chi connectivity index (χ4v) is 3.84. The molecule has 1 aromatic carbocycles. The molecule has 120 valence electrons. The summed E-state index contributed by atoms with van der Waals surface area (Å²) in [6.07, 6.45) is 3.29. The molecule has 2 aliphatic rings. The highest BCUT2D eigenvalue weighted by molar-refractivity contribution is 6.30. The molecule has 1 aromatic rings. The number of halogens is 1. The third-order valence-corrected chi connectivity index (χ3v) is 5.35. The van der Waals surface area contributed by atoms with E-state index in [1.807, 2.05) is 24.1 Å². The van der Waals surface area contributed by atoms with E-state index >= 15 is 0 Å². The standard InChI is InChI=1S/C17H23ClN2O2/c1-20(11-12-9-13(18)3-4-15(12)22-2)16(21)14-10-17(14)5-7-19-8-6-17/h3-4,9,14,19H,5-8,10-11H2,1-2H3. The molecule has 4 nitrogen and oxygen atoms in total. The van der Waals surface area contributed by atoms with Crippen LogP contribution in [0, 0.1) is 11.3 Å². The van der Waals surface area contributed by atoms with E-state index in [2.05, 4.69) is 5.32 Å². The van der Waals surface area contributed by atoms with Gasteiger partial charge in [-0.05, 0) is 56.0 Å². The Bertz CT molecular complexity index is 570. The van der Waals surface area contributed by atoms with Crippen molar-refractivity contribution in [1.29, 1.82) is 0 Å². The predicted octanol–water partition coefficient (Wildman–Crippen LogP) is 2.70. The van der Waals surface area contributed by atoms with Crippen molar-refractivity contribution in [3.05, 3.63) is 28.8 Å². The van der Waals surface area contributed by atoms with Gasteiger partial charge >= 0.3 is 0 Å². The van der Waals surface area contributed by atoms with Crippen molar-refractivity contribution in [2.24, 2.45) is 11.3 Å². The summed E-state index contributed by atoms with van der Waals surface area (Å²) in [4.78, 5) is 14.5. The minimum Gasteiger partial charge on any atom is -0.496 e. The number of ether oxygens (including phenoxy) is 1. The summed E-state index contributed by atoms with van der Waals surface area (Å²) in [6.45, 7) is 2.61. The normalized spacial score (nSPS) is 22.4. The second-order valence-corrected chi connectivity index (χ2v) is 6.96. The van der Waals surface area contributed by atoms with Gasteiger partial charge in [0.2, 0.25) is 5.91 Å². The molecule has 1 unspecified atom stereocenters. The largest absolute Gasteiger partial charge is 0.496 e. The van der Waals surface area contributed by atoms with E-state index in [0.717, 1.165) is 43.7 Å². The molecule has 1 heterocycles. The minimum absolute atomic E-state index is 0.199. The number of amides is 1. The van der Waals surface area contributed by atoms with Gasteiger partial charge in [0.25, 0.3) is 0 Å². The average Bonchev–Trinajstić information content (AvgIpc) is 3.20. The van der Waals surface area contributed by atoms with Crippen LogP contribution in [0.15, 0.2) is 18.2 Å². The molecule has 0 bridgehead atoms. The Labute approximate surface area is 136 Å². The molecule has 1 saturated carbocycles. The van der Waals surface area contributed by atoms with Crippen molar-refractivity contribution in [3.8, 4) is 5.75 Å². The highest BCUT2D eigenvalue weighted by Gasteiger charge is 2.58. The van der Waals surface area contributed by atoms with Crippen molar-refractivity contribution in [2.75, 3.05) is 27.2 Å². The third kappa shape index (κ3) is 2.95. The third-order valence-electron chi connectivity index (χ3n) is 5.11. The quantitative estimate of drug-likeness (QED) is 0.926. The first-order valence-electron chi connectivity index (χ1n) is 7.84. The Morgan fingerprint density at radius 2 is 2.18 bits per heavy atom. The van der Waals surface area contributed by atoms with Crippen LogP contribution in [0.4, 0.5) is 0 Å². The first-order valence-corrected chi connectivity index (χ1v) is 8.22. The Morgan fingerprint density at radius 1 is 1.45 bits per heavy atom. The molecule has 3 rings (SSSR count). The van der Waals surface area contributed by atoms with Crippen molar-refractivity contribution in [1.82, 2.24) is 10.2 Å². The lowest BCUT2D eigenvalue weighted by atomic mass is 9.91. The van der Waals surface area contributed by atoms with Crippen LogP contribution in [0.5, 0.6) is 5.75 Å². The second kappa shape index (κ2) is 6.09. The Balaban J connectivity index is 1.66. The maximum Gasteiger partial charge on any atom is 0.226 e. The Hall–Kier alpha value is -1.26. The summed E-state index contributed by atoms with van der Waals surface area (Å²) in [5, 5.41) is 4.04. The molecular weight excluding hydrogens is 300 g/mol. The van der Waals surface area contributed by atoms with Crippen LogP contribution in [0.2, 0.25) is 5.02 Å². The van der Waals surface area contributed by atoms with Crippen LogP contribution in [0.3, 0.4) is 0 Å². The molecule has 22 heavy (non-hydrogen) atoms. The van der Waals surface area contributed by atoms with Crippen LogP contribution in [0.1, 0.15) is 24.8 Å². The molecular formula is C17H23ClN2O2. The topological polar surface area (TPSA) is 41.6 Å². The average molecular weight is 323 g/mol. The molecule has 1 spiro atoms. The molecule has 0 radical (unpaired) electrons. The van der Waals surface area contributed by atoms with Gasteiger partial charge < -0.3 is 15.0 Å². The van der Waals surface area contributed by atoms with Crippen molar-refractivity contribution in [2.45, 2.75) is 25.8 Å². The minimum atomic E-state index is 0.199.